The zero-order chi connectivity index (χ0) is 26.8. The lowest BCUT2D eigenvalue weighted by Crippen LogP contribution is -2.24. The average molecular weight is 529 g/mol. The SMILES string of the molecule is COc1cc(/C=N\NC(=O)COc2cccc(Cl)c2)ccc1OC(=O)c1cc(OC)c(OC)c(OC)c1. The summed E-state index contributed by atoms with van der Waals surface area (Å²) in [7, 11) is 5.80. The molecule has 0 spiro atoms. The van der Waals surface area contributed by atoms with Crippen LogP contribution in [0.5, 0.6) is 34.5 Å². The van der Waals surface area contributed by atoms with Crippen molar-refractivity contribution in [2.75, 3.05) is 35.0 Å². The Morgan fingerprint density at radius 1 is 0.865 bits per heavy atom. The number of hydrazone groups is 1. The number of benzene rings is 3. The van der Waals surface area contributed by atoms with Crippen LogP contribution in [0.25, 0.3) is 0 Å². The highest BCUT2D eigenvalue weighted by Gasteiger charge is 2.19. The third-order valence-corrected chi connectivity index (χ3v) is 5.09. The Balaban J connectivity index is 1.64. The van der Waals surface area contributed by atoms with Crippen LogP contribution in [0.1, 0.15) is 15.9 Å². The molecule has 0 atom stereocenters. The van der Waals surface area contributed by atoms with Crippen molar-refractivity contribution in [2.45, 2.75) is 0 Å². The van der Waals surface area contributed by atoms with E-state index in [1.165, 1.54) is 46.8 Å². The Kier molecular flexibility index (Phi) is 9.56. The van der Waals surface area contributed by atoms with E-state index >= 15 is 0 Å². The second-order valence-corrected chi connectivity index (χ2v) is 7.69. The van der Waals surface area contributed by atoms with Crippen molar-refractivity contribution in [1.29, 1.82) is 0 Å². The first kappa shape index (κ1) is 27.2. The van der Waals surface area contributed by atoms with Crippen LogP contribution >= 0.6 is 11.6 Å². The number of esters is 1. The fourth-order valence-corrected chi connectivity index (χ4v) is 3.30. The van der Waals surface area contributed by atoms with E-state index in [0.29, 0.717) is 33.6 Å². The average Bonchev–Trinajstić information content (AvgIpc) is 2.91. The van der Waals surface area contributed by atoms with Gasteiger partial charge in [0.1, 0.15) is 5.75 Å². The molecule has 10 nitrogen and oxygen atoms in total. The van der Waals surface area contributed by atoms with Crippen molar-refractivity contribution in [3.05, 3.63) is 70.7 Å². The van der Waals surface area contributed by atoms with Crippen LogP contribution in [-0.2, 0) is 4.79 Å². The maximum Gasteiger partial charge on any atom is 0.343 e. The number of carbonyl (C=O) groups excluding carboxylic acids is 2. The summed E-state index contributed by atoms with van der Waals surface area (Å²) in [5, 5.41) is 4.41. The standard InChI is InChI=1S/C26H25ClN2O8/c1-32-21-10-16(14-28-29-24(30)15-36-19-7-5-6-18(27)13-19)8-9-20(21)37-26(31)17-11-22(33-2)25(35-4)23(12-17)34-3/h5-14H,15H2,1-4H3,(H,29,30)/b28-14-. The number of hydrogen-bond acceptors (Lipinski definition) is 9. The molecule has 0 heterocycles. The highest BCUT2D eigenvalue weighted by molar-refractivity contribution is 6.30. The lowest BCUT2D eigenvalue weighted by Gasteiger charge is -2.14. The largest absolute Gasteiger partial charge is 0.493 e. The maximum absolute atomic E-state index is 12.8. The molecule has 3 aromatic carbocycles. The molecule has 3 aromatic rings. The van der Waals surface area contributed by atoms with Gasteiger partial charge in [-0.1, -0.05) is 17.7 Å². The molecule has 0 aliphatic carbocycles. The summed E-state index contributed by atoms with van der Waals surface area (Å²) in [5.41, 5.74) is 3.13. The van der Waals surface area contributed by atoms with Gasteiger partial charge in [0.15, 0.2) is 29.6 Å². The lowest BCUT2D eigenvalue weighted by molar-refractivity contribution is -0.123. The second-order valence-electron chi connectivity index (χ2n) is 7.25. The fourth-order valence-electron chi connectivity index (χ4n) is 3.12. The molecule has 1 amide bonds. The van der Waals surface area contributed by atoms with Gasteiger partial charge in [0.05, 0.1) is 40.2 Å². The minimum atomic E-state index is -0.661. The first-order valence-corrected chi connectivity index (χ1v) is 11.2. The first-order valence-electron chi connectivity index (χ1n) is 10.8. The summed E-state index contributed by atoms with van der Waals surface area (Å²) in [6.07, 6.45) is 1.41. The summed E-state index contributed by atoms with van der Waals surface area (Å²) in [6.45, 7) is -0.239. The molecule has 0 radical (unpaired) electrons. The Morgan fingerprint density at radius 3 is 2.19 bits per heavy atom. The van der Waals surface area contributed by atoms with Crippen molar-refractivity contribution < 1.29 is 38.0 Å². The number of halogens is 1. The highest BCUT2D eigenvalue weighted by Crippen LogP contribution is 2.38. The summed E-state index contributed by atoms with van der Waals surface area (Å²) < 4.78 is 32.1. The van der Waals surface area contributed by atoms with Gasteiger partial charge in [-0.05, 0) is 54.1 Å². The molecule has 3 rings (SSSR count). The van der Waals surface area contributed by atoms with Gasteiger partial charge < -0.3 is 28.4 Å². The molecule has 0 bridgehead atoms. The van der Waals surface area contributed by atoms with Gasteiger partial charge >= 0.3 is 5.97 Å². The fraction of sp³-hybridized carbons (Fsp3) is 0.192. The summed E-state index contributed by atoms with van der Waals surface area (Å²) in [6, 6.07) is 14.4. The molecular formula is C26H25ClN2O8. The predicted octanol–water partition coefficient (Wildman–Crippen LogP) is 4.12. The van der Waals surface area contributed by atoms with Gasteiger partial charge in [0.2, 0.25) is 5.75 Å². The van der Waals surface area contributed by atoms with Crippen LogP contribution in [0.2, 0.25) is 5.02 Å². The molecule has 0 aliphatic heterocycles. The third-order valence-electron chi connectivity index (χ3n) is 4.86. The van der Waals surface area contributed by atoms with Crippen LogP contribution in [0.4, 0.5) is 0 Å². The monoisotopic (exact) mass is 528 g/mol. The van der Waals surface area contributed by atoms with Gasteiger partial charge in [0, 0.05) is 5.02 Å². The second kappa shape index (κ2) is 13.0. The van der Waals surface area contributed by atoms with Gasteiger partial charge in [-0.2, -0.15) is 5.10 Å². The van der Waals surface area contributed by atoms with Gasteiger partial charge in [0.25, 0.3) is 5.91 Å². The summed E-state index contributed by atoms with van der Waals surface area (Å²) in [4.78, 5) is 24.8. The molecule has 37 heavy (non-hydrogen) atoms. The number of nitrogens with zero attached hydrogens (tertiary/aromatic N) is 1. The van der Waals surface area contributed by atoms with E-state index in [-0.39, 0.29) is 23.7 Å². The molecule has 0 fully saturated rings. The van der Waals surface area contributed by atoms with Crippen LogP contribution in [-0.4, -0.2) is 53.1 Å². The first-order chi connectivity index (χ1) is 17.9. The number of methoxy groups -OCH3 is 4. The molecule has 0 aromatic heterocycles. The molecule has 194 valence electrons. The Hall–Kier alpha value is -4.44. The Bertz CT molecular complexity index is 1270. The van der Waals surface area contributed by atoms with E-state index in [1.54, 1.807) is 42.5 Å². The number of ether oxygens (including phenoxy) is 6. The van der Waals surface area contributed by atoms with E-state index in [1.807, 2.05) is 0 Å². The molecule has 0 saturated heterocycles. The highest BCUT2D eigenvalue weighted by atomic mass is 35.5. The number of rotatable bonds is 11. The number of nitrogens with one attached hydrogen (secondary N) is 1. The van der Waals surface area contributed by atoms with Crippen molar-refractivity contribution in [2.24, 2.45) is 5.10 Å². The lowest BCUT2D eigenvalue weighted by atomic mass is 10.1. The van der Waals surface area contributed by atoms with Crippen molar-refractivity contribution in [3.8, 4) is 34.5 Å². The smallest absolute Gasteiger partial charge is 0.343 e. The Labute approximate surface area is 218 Å². The van der Waals surface area contributed by atoms with Crippen LogP contribution < -0.4 is 33.8 Å². The molecule has 0 unspecified atom stereocenters. The van der Waals surface area contributed by atoms with Crippen molar-refractivity contribution in [3.63, 3.8) is 0 Å². The normalized spacial score (nSPS) is 10.5. The van der Waals surface area contributed by atoms with Gasteiger partial charge in [-0.25, -0.2) is 10.2 Å². The minimum absolute atomic E-state index is 0.178. The number of hydrogen-bond donors (Lipinski definition) is 1. The van der Waals surface area contributed by atoms with E-state index in [2.05, 4.69) is 10.5 Å². The number of amides is 1. The van der Waals surface area contributed by atoms with Gasteiger partial charge in [-0.3, -0.25) is 4.79 Å². The number of carbonyl (C=O) groups is 2. The summed E-state index contributed by atoms with van der Waals surface area (Å²) >= 11 is 5.89. The quantitative estimate of drug-likeness (QED) is 0.171. The van der Waals surface area contributed by atoms with Crippen LogP contribution in [0.3, 0.4) is 0 Å². The zero-order valence-corrected chi connectivity index (χ0v) is 21.3. The molecule has 0 saturated carbocycles. The predicted molar refractivity (Wildman–Crippen MR) is 137 cm³/mol. The van der Waals surface area contributed by atoms with Crippen LogP contribution in [0.15, 0.2) is 59.7 Å². The van der Waals surface area contributed by atoms with E-state index < -0.39 is 11.9 Å². The van der Waals surface area contributed by atoms with E-state index in [9.17, 15) is 9.59 Å². The Morgan fingerprint density at radius 2 is 1.57 bits per heavy atom. The summed E-state index contributed by atoms with van der Waals surface area (Å²) in [5.74, 6) is 0.779. The van der Waals surface area contributed by atoms with E-state index in [0.717, 1.165) is 0 Å². The molecule has 1 N–H and O–H groups in total. The molecule has 0 aliphatic rings. The van der Waals surface area contributed by atoms with E-state index in [4.69, 9.17) is 40.0 Å². The van der Waals surface area contributed by atoms with Crippen molar-refractivity contribution >= 4 is 29.7 Å². The zero-order valence-electron chi connectivity index (χ0n) is 20.6. The molecule has 11 heteroatoms. The maximum atomic E-state index is 12.8. The third kappa shape index (κ3) is 7.28. The van der Waals surface area contributed by atoms with Crippen LogP contribution in [0, 0.1) is 0 Å². The van der Waals surface area contributed by atoms with Crippen molar-refractivity contribution in [1.82, 2.24) is 5.43 Å². The minimum Gasteiger partial charge on any atom is -0.493 e. The topological polar surface area (TPSA) is 114 Å². The van der Waals surface area contributed by atoms with Gasteiger partial charge in [-0.15, -0.1) is 0 Å². The molecular weight excluding hydrogens is 504 g/mol.